The van der Waals surface area contributed by atoms with E-state index >= 15 is 0 Å². The number of ether oxygens (including phenoxy) is 2. The summed E-state index contributed by atoms with van der Waals surface area (Å²) < 4.78 is 11.7. The van der Waals surface area contributed by atoms with Crippen LogP contribution < -0.4 is 14.8 Å². The molecule has 2 aromatic carbocycles. The molecule has 1 heterocycles. The molecule has 3 rings (SSSR count). The number of nitrogens with zero attached hydrogens (tertiary/aromatic N) is 1. The van der Waals surface area contributed by atoms with E-state index in [1.807, 2.05) is 61.3 Å². The summed E-state index contributed by atoms with van der Waals surface area (Å²) in [7, 11) is 1.93. The minimum Gasteiger partial charge on any atom is -0.486 e. The first-order chi connectivity index (χ1) is 11.5. The molecule has 1 atom stereocenters. The van der Waals surface area contributed by atoms with E-state index in [9.17, 15) is 0 Å². The van der Waals surface area contributed by atoms with Gasteiger partial charge in [-0.3, -0.25) is 0 Å². The second-order valence-corrected chi connectivity index (χ2v) is 6.51. The van der Waals surface area contributed by atoms with E-state index < -0.39 is 0 Å². The van der Waals surface area contributed by atoms with Crippen molar-refractivity contribution >= 4 is 34.6 Å². The zero-order chi connectivity index (χ0) is 17.1. The Hall–Kier alpha value is -1.98. The van der Waals surface area contributed by atoms with Gasteiger partial charge in [0.05, 0.1) is 6.54 Å². The lowest BCUT2D eigenvalue weighted by Gasteiger charge is -2.30. The number of rotatable bonds is 3. The lowest BCUT2D eigenvalue weighted by molar-refractivity contribution is 0.0784. The molecule has 0 aliphatic carbocycles. The lowest BCUT2D eigenvalue weighted by atomic mass is 10.2. The molecule has 0 aromatic heterocycles. The van der Waals surface area contributed by atoms with Crippen LogP contribution in [0, 0.1) is 6.92 Å². The van der Waals surface area contributed by atoms with E-state index in [0.29, 0.717) is 23.3 Å². The van der Waals surface area contributed by atoms with E-state index in [1.165, 1.54) is 0 Å². The van der Waals surface area contributed by atoms with Crippen molar-refractivity contribution in [1.82, 2.24) is 4.90 Å². The van der Waals surface area contributed by atoms with Gasteiger partial charge in [-0.1, -0.05) is 29.8 Å². The fraction of sp³-hybridized carbons (Fsp3) is 0.278. The molecule has 0 saturated carbocycles. The van der Waals surface area contributed by atoms with Gasteiger partial charge < -0.3 is 19.7 Å². The van der Waals surface area contributed by atoms with Crippen molar-refractivity contribution in [3.05, 3.63) is 53.1 Å². The number of nitrogens with one attached hydrogen (secondary N) is 1. The second kappa shape index (κ2) is 7.28. The summed E-state index contributed by atoms with van der Waals surface area (Å²) in [6, 6.07) is 13.4. The van der Waals surface area contributed by atoms with Gasteiger partial charge in [0.15, 0.2) is 22.7 Å². The Morgan fingerprint density at radius 2 is 2.00 bits per heavy atom. The Morgan fingerprint density at radius 1 is 1.25 bits per heavy atom. The molecule has 126 valence electrons. The van der Waals surface area contributed by atoms with Gasteiger partial charge in [0.2, 0.25) is 0 Å². The molecule has 6 heteroatoms. The number of benzene rings is 2. The van der Waals surface area contributed by atoms with Crippen molar-refractivity contribution in [3.8, 4) is 11.5 Å². The van der Waals surface area contributed by atoms with Crippen molar-refractivity contribution in [3.63, 3.8) is 0 Å². The Labute approximate surface area is 152 Å². The van der Waals surface area contributed by atoms with Crippen LogP contribution in [0.2, 0.25) is 5.02 Å². The first-order valence-corrected chi connectivity index (χ1v) is 8.49. The van der Waals surface area contributed by atoms with Crippen LogP contribution >= 0.6 is 23.8 Å². The minimum atomic E-state index is -0.0786. The van der Waals surface area contributed by atoms with E-state index in [0.717, 1.165) is 22.7 Å². The smallest absolute Gasteiger partial charge is 0.173 e. The molecule has 1 aliphatic heterocycles. The Bertz CT molecular complexity index is 754. The normalized spacial score (nSPS) is 15.7. The maximum absolute atomic E-state index is 6.15. The average Bonchev–Trinajstić information content (AvgIpc) is 2.58. The van der Waals surface area contributed by atoms with E-state index in [4.69, 9.17) is 33.3 Å². The van der Waals surface area contributed by atoms with Gasteiger partial charge in [0, 0.05) is 17.8 Å². The molecule has 24 heavy (non-hydrogen) atoms. The highest BCUT2D eigenvalue weighted by atomic mass is 35.5. The summed E-state index contributed by atoms with van der Waals surface area (Å²) in [5, 5.41) is 4.56. The highest BCUT2D eigenvalue weighted by molar-refractivity contribution is 7.80. The highest BCUT2D eigenvalue weighted by Crippen LogP contribution is 2.31. The zero-order valence-electron chi connectivity index (χ0n) is 13.6. The lowest BCUT2D eigenvalue weighted by Crippen LogP contribution is -2.43. The van der Waals surface area contributed by atoms with Crippen LogP contribution in [0.4, 0.5) is 5.69 Å². The van der Waals surface area contributed by atoms with Crippen LogP contribution in [0.5, 0.6) is 11.5 Å². The van der Waals surface area contributed by atoms with Crippen LogP contribution in [-0.4, -0.2) is 36.3 Å². The summed E-state index contributed by atoms with van der Waals surface area (Å²) >= 11 is 11.6. The molecule has 1 aliphatic rings. The van der Waals surface area contributed by atoms with Crippen molar-refractivity contribution in [2.45, 2.75) is 13.0 Å². The van der Waals surface area contributed by atoms with Gasteiger partial charge in [0.1, 0.15) is 6.61 Å². The summed E-state index contributed by atoms with van der Waals surface area (Å²) in [6.45, 7) is 3.09. The average molecular weight is 363 g/mol. The molecule has 0 bridgehead atoms. The molecule has 0 saturated heterocycles. The summed E-state index contributed by atoms with van der Waals surface area (Å²) in [5.41, 5.74) is 1.88. The number of hydrogen-bond donors (Lipinski definition) is 1. The van der Waals surface area contributed by atoms with Crippen LogP contribution in [0.1, 0.15) is 5.56 Å². The number of halogens is 1. The Kier molecular flexibility index (Phi) is 5.11. The Balaban J connectivity index is 1.60. The summed E-state index contributed by atoms with van der Waals surface area (Å²) in [4.78, 5) is 1.94. The third kappa shape index (κ3) is 3.74. The fourth-order valence-electron chi connectivity index (χ4n) is 2.49. The molecule has 0 fully saturated rings. The molecule has 0 unspecified atom stereocenters. The van der Waals surface area contributed by atoms with Crippen molar-refractivity contribution in [2.24, 2.45) is 0 Å². The summed E-state index contributed by atoms with van der Waals surface area (Å²) in [6.07, 6.45) is -0.0786. The maximum atomic E-state index is 6.15. The molecule has 4 nitrogen and oxygen atoms in total. The highest BCUT2D eigenvalue weighted by Gasteiger charge is 2.22. The van der Waals surface area contributed by atoms with Crippen molar-refractivity contribution < 1.29 is 9.47 Å². The van der Waals surface area contributed by atoms with Gasteiger partial charge in [-0.25, -0.2) is 0 Å². The maximum Gasteiger partial charge on any atom is 0.173 e. The second-order valence-electron chi connectivity index (χ2n) is 5.72. The van der Waals surface area contributed by atoms with Gasteiger partial charge in [-0.05, 0) is 49.0 Å². The minimum absolute atomic E-state index is 0.0786. The molecular weight excluding hydrogens is 344 g/mol. The first kappa shape index (κ1) is 16.9. The third-order valence-electron chi connectivity index (χ3n) is 3.90. The predicted molar refractivity (Wildman–Crippen MR) is 101 cm³/mol. The SMILES string of the molecule is Cc1c(Cl)cccc1NC(=S)N(C)C[C@H]1COc2ccccc2O1. The van der Waals surface area contributed by atoms with Crippen molar-refractivity contribution in [1.29, 1.82) is 0 Å². The first-order valence-electron chi connectivity index (χ1n) is 7.70. The molecule has 2 aromatic rings. The van der Waals surface area contributed by atoms with Gasteiger partial charge in [-0.2, -0.15) is 0 Å². The molecule has 0 amide bonds. The quantitative estimate of drug-likeness (QED) is 0.831. The molecule has 0 radical (unpaired) electrons. The van der Waals surface area contributed by atoms with E-state index in [-0.39, 0.29) is 6.10 Å². The van der Waals surface area contributed by atoms with Gasteiger partial charge in [0.25, 0.3) is 0 Å². The molecule has 0 spiro atoms. The van der Waals surface area contributed by atoms with Crippen LogP contribution in [0.3, 0.4) is 0 Å². The van der Waals surface area contributed by atoms with Gasteiger partial charge >= 0.3 is 0 Å². The number of para-hydroxylation sites is 2. The number of fused-ring (bicyclic) bond motifs is 1. The number of likely N-dealkylation sites (N-methyl/N-ethyl adjacent to an activating group) is 1. The van der Waals surface area contributed by atoms with Crippen LogP contribution in [0.25, 0.3) is 0 Å². The molecule has 1 N–H and O–H groups in total. The standard InChI is InChI=1S/C18H19ClN2O2S/c1-12-14(19)6-5-7-15(12)20-18(24)21(2)10-13-11-22-16-8-3-4-9-17(16)23-13/h3-9,13H,10-11H2,1-2H3,(H,20,24)/t13-/m0/s1. The number of hydrogen-bond acceptors (Lipinski definition) is 3. The number of anilines is 1. The van der Waals surface area contributed by atoms with Crippen molar-refractivity contribution in [2.75, 3.05) is 25.5 Å². The fourth-order valence-corrected chi connectivity index (χ4v) is 2.85. The predicted octanol–water partition coefficient (Wildman–Crippen LogP) is 4.12. The zero-order valence-corrected chi connectivity index (χ0v) is 15.2. The number of thiocarbonyl (C=S) groups is 1. The van der Waals surface area contributed by atoms with Crippen LogP contribution in [-0.2, 0) is 0 Å². The molecular formula is C18H19ClN2O2S. The summed E-state index contributed by atoms with van der Waals surface area (Å²) in [5.74, 6) is 1.55. The monoisotopic (exact) mass is 362 g/mol. The van der Waals surface area contributed by atoms with Crippen LogP contribution in [0.15, 0.2) is 42.5 Å². The largest absolute Gasteiger partial charge is 0.486 e. The third-order valence-corrected chi connectivity index (χ3v) is 4.72. The van der Waals surface area contributed by atoms with Gasteiger partial charge in [-0.15, -0.1) is 0 Å². The Morgan fingerprint density at radius 3 is 2.79 bits per heavy atom. The topological polar surface area (TPSA) is 33.7 Å². The van der Waals surface area contributed by atoms with E-state index in [1.54, 1.807) is 0 Å². The van der Waals surface area contributed by atoms with E-state index in [2.05, 4.69) is 5.32 Å².